The van der Waals surface area contributed by atoms with Crippen LogP contribution < -0.4 is 5.56 Å². The molecule has 3 rings (SSSR count). The van der Waals surface area contributed by atoms with E-state index < -0.39 is 10.0 Å². The molecule has 1 aromatic carbocycles. The van der Waals surface area contributed by atoms with Crippen LogP contribution in [0.15, 0.2) is 46.2 Å². The van der Waals surface area contributed by atoms with Crippen LogP contribution in [0, 0.1) is 13.8 Å². The number of hydrogen-bond acceptors (Lipinski definition) is 3. The number of hydrogen-bond donors (Lipinski definition) is 1. The average Bonchev–Trinajstić information content (AvgIpc) is 2.97. The third kappa shape index (κ3) is 2.96. The average molecular weight is 332 g/mol. The second kappa shape index (κ2) is 5.94. The normalized spacial score (nSPS) is 19.1. The van der Waals surface area contributed by atoms with Crippen molar-refractivity contribution in [2.75, 3.05) is 6.54 Å². The van der Waals surface area contributed by atoms with Crippen LogP contribution in [0.2, 0.25) is 0 Å². The minimum Gasteiger partial charge on any atom is -0.329 e. The number of aromatic nitrogens is 1. The molecule has 23 heavy (non-hydrogen) atoms. The lowest BCUT2D eigenvalue weighted by Crippen LogP contribution is -2.31. The first-order chi connectivity index (χ1) is 10.9. The van der Waals surface area contributed by atoms with Crippen molar-refractivity contribution in [3.63, 3.8) is 0 Å². The maximum absolute atomic E-state index is 13.0. The molecular weight excluding hydrogens is 312 g/mol. The van der Waals surface area contributed by atoms with Gasteiger partial charge in [-0.15, -0.1) is 0 Å². The van der Waals surface area contributed by atoms with Crippen LogP contribution in [0.3, 0.4) is 0 Å². The lowest BCUT2D eigenvalue weighted by Gasteiger charge is -2.25. The number of nitrogens with zero attached hydrogens (tertiary/aromatic N) is 1. The van der Waals surface area contributed by atoms with E-state index in [2.05, 4.69) is 4.98 Å². The van der Waals surface area contributed by atoms with Gasteiger partial charge in [-0.05, 0) is 49.9 Å². The van der Waals surface area contributed by atoms with E-state index in [1.165, 1.54) is 6.07 Å². The minimum atomic E-state index is -3.54. The second-order valence-electron chi connectivity index (χ2n) is 6.02. The quantitative estimate of drug-likeness (QED) is 0.939. The summed E-state index contributed by atoms with van der Waals surface area (Å²) in [6.45, 7) is 4.28. The SMILES string of the molecule is Cc1ccc(S(=O)(=O)N2CCCC2c2c[nH]c(=O)cc2C)cc1. The summed E-state index contributed by atoms with van der Waals surface area (Å²) in [5.74, 6) is 0. The Morgan fingerprint density at radius 3 is 2.52 bits per heavy atom. The maximum atomic E-state index is 13.0. The van der Waals surface area contributed by atoms with Crippen LogP contribution in [0.1, 0.15) is 35.6 Å². The molecular formula is C17H20N2O3S. The molecule has 5 nitrogen and oxygen atoms in total. The molecule has 0 saturated carbocycles. The lowest BCUT2D eigenvalue weighted by molar-refractivity contribution is 0.395. The molecule has 0 amide bonds. The molecule has 0 radical (unpaired) electrons. The second-order valence-corrected chi connectivity index (χ2v) is 7.91. The summed E-state index contributed by atoms with van der Waals surface area (Å²) in [5.41, 5.74) is 2.55. The third-order valence-electron chi connectivity index (χ3n) is 4.36. The van der Waals surface area contributed by atoms with E-state index in [0.29, 0.717) is 11.4 Å². The van der Waals surface area contributed by atoms with Crippen LogP contribution in [0.5, 0.6) is 0 Å². The Morgan fingerprint density at radius 1 is 1.17 bits per heavy atom. The third-order valence-corrected chi connectivity index (χ3v) is 6.29. The first-order valence-corrected chi connectivity index (χ1v) is 9.11. The van der Waals surface area contributed by atoms with Crippen molar-refractivity contribution in [2.24, 2.45) is 0 Å². The molecule has 0 aliphatic carbocycles. The van der Waals surface area contributed by atoms with Crippen molar-refractivity contribution in [3.8, 4) is 0 Å². The molecule has 1 aliphatic heterocycles. The van der Waals surface area contributed by atoms with Crippen molar-refractivity contribution in [1.82, 2.24) is 9.29 Å². The number of nitrogens with one attached hydrogen (secondary N) is 1. The van der Waals surface area contributed by atoms with Gasteiger partial charge in [0, 0.05) is 18.8 Å². The summed E-state index contributed by atoms with van der Waals surface area (Å²) in [4.78, 5) is 14.4. The molecule has 122 valence electrons. The smallest absolute Gasteiger partial charge is 0.248 e. The highest BCUT2D eigenvalue weighted by molar-refractivity contribution is 7.89. The van der Waals surface area contributed by atoms with E-state index in [1.54, 1.807) is 22.6 Å². The number of aryl methyl sites for hydroxylation is 2. The highest BCUT2D eigenvalue weighted by Gasteiger charge is 2.36. The van der Waals surface area contributed by atoms with E-state index in [-0.39, 0.29) is 11.6 Å². The number of benzene rings is 1. The van der Waals surface area contributed by atoms with Crippen LogP contribution in [0.25, 0.3) is 0 Å². The highest BCUT2D eigenvalue weighted by Crippen LogP contribution is 2.37. The number of pyridine rings is 1. The zero-order valence-electron chi connectivity index (χ0n) is 13.2. The van der Waals surface area contributed by atoms with Gasteiger partial charge in [-0.25, -0.2) is 8.42 Å². The first-order valence-electron chi connectivity index (χ1n) is 7.67. The molecule has 2 heterocycles. The Labute approximate surface area is 136 Å². The fraction of sp³-hybridized carbons (Fsp3) is 0.353. The number of H-pyrrole nitrogens is 1. The zero-order valence-corrected chi connectivity index (χ0v) is 14.1. The summed E-state index contributed by atoms with van der Waals surface area (Å²) in [5, 5.41) is 0. The fourth-order valence-corrected chi connectivity index (χ4v) is 4.80. The molecule has 1 atom stereocenters. The van der Waals surface area contributed by atoms with Crippen molar-refractivity contribution in [2.45, 2.75) is 37.6 Å². The standard InChI is InChI=1S/C17H20N2O3S/c1-12-5-7-14(8-6-12)23(21,22)19-9-3-4-16(19)15-11-18-17(20)10-13(15)2/h5-8,10-11,16H,3-4,9H2,1-2H3,(H,18,20). The topological polar surface area (TPSA) is 70.2 Å². The van der Waals surface area contributed by atoms with Crippen LogP contribution in [-0.4, -0.2) is 24.3 Å². The lowest BCUT2D eigenvalue weighted by atomic mass is 10.0. The molecule has 1 saturated heterocycles. The van der Waals surface area contributed by atoms with E-state index >= 15 is 0 Å². The Balaban J connectivity index is 2.01. The molecule has 1 fully saturated rings. The molecule has 0 spiro atoms. The van der Waals surface area contributed by atoms with Crippen LogP contribution in [-0.2, 0) is 10.0 Å². The zero-order chi connectivity index (χ0) is 16.6. The first kappa shape index (κ1) is 16.0. The van der Waals surface area contributed by atoms with Gasteiger partial charge in [-0.1, -0.05) is 17.7 Å². The van der Waals surface area contributed by atoms with E-state index in [0.717, 1.165) is 29.5 Å². The number of aromatic amines is 1. The Hall–Kier alpha value is -1.92. The Bertz CT molecular complexity index is 869. The molecule has 2 aromatic rings. The van der Waals surface area contributed by atoms with Crippen LogP contribution >= 0.6 is 0 Å². The molecule has 6 heteroatoms. The van der Waals surface area contributed by atoms with Gasteiger partial charge in [-0.2, -0.15) is 4.31 Å². The van der Waals surface area contributed by atoms with Gasteiger partial charge in [0.2, 0.25) is 15.6 Å². The van der Waals surface area contributed by atoms with Gasteiger partial charge in [0.1, 0.15) is 0 Å². The molecule has 0 bridgehead atoms. The summed E-state index contributed by atoms with van der Waals surface area (Å²) in [7, 11) is -3.54. The van der Waals surface area contributed by atoms with Crippen molar-refractivity contribution >= 4 is 10.0 Å². The maximum Gasteiger partial charge on any atom is 0.248 e. The number of sulfonamides is 1. The van der Waals surface area contributed by atoms with E-state index in [9.17, 15) is 13.2 Å². The number of rotatable bonds is 3. The summed E-state index contributed by atoms with van der Waals surface area (Å²) >= 11 is 0. The van der Waals surface area contributed by atoms with Gasteiger partial charge < -0.3 is 4.98 Å². The summed E-state index contributed by atoms with van der Waals surface area (Å²) in [6, 6.07) is 8.22. The predicted molar refractivity (Wildman–Crippen MR) is 88.8 cm³/mol. The fourth-order valence-electron chi connectivity index (χ4n) is 3.13. The van der Waals surface area contributed by atoms with Crippen molar-refractivity contribution in [1.29, 1.82) is 0 Å². The van der Waals surface area contributed by atoms with Crippen molar-refractivity contribution in [3.05, 3.63) is 63.6 Å². The van der Waals surface area contributed by atoms with Gasteiger partial charge in [0.05, 0.1) is 10.9 Å². The predicted octanol–water partition coefficient (Wildman–Crippen LogP) is 2.52. The summed E-state index contributed by atoms with van der Waals surface area (Å²) in [6.07, 6.45) is 3.22. The minimum absolute atomic E-state index is 0.169. The molecule has 1 N–H and O–H groups in total. The summed E-state index contributed by atoms with van der Waals surface area (Å²) < 4.78 is 27.5. The van der Waals surface area contributed by atoms with Gasteiger partial charge in [0.15, 0.2) is 0 Å². The van der Waals surface area contributed by atoms with Crippen LogP contribution in [0.4, 0.5) is 0 Å². The van der Waals surface area contributed by atoms with E-state index in [4.69, 9.17) is 0 Å². The molecule has 1 unspecified atom stereocenters. The van der Waals surface area contributed by atoms with Gasteiger partial charge in [0.25, 0.3) is 0 Å². The largest absolute Gasteiger partial charge is 0.329 e. The highest BCUT2D eigenvalue weighted by atomic mass is 32.2. The molecule has 1 aliphatic rings. The van der Waals surface area contributed by atoms with Crippen molar-refractivity contribution < 1.29 is 8.42 Å². The Morgan fingerprint density at radius 2 is 1.87 bits per heavy atom. The molecule has 1 aromatic heterocycles. The van der Waals surface area contributed by atoms with Gasteiger partial charge in [-0.3, -0.25) is 4.79 Å². The monoisotopic (exact) mass is 332 g/mol. The van der Waals surface area contributed by atoms with E-state index in [1.807, 2.05) is 26.0 Å². The van der Waals surface area contributed by atoms with Gasteiger partial charge >= 0.3 is 0 Å². The Kier molecular flexibility index (Phi) is 4.12.